The topological polar surface area (TPSA) is 41.6 Å². The van der Waals surface area contributed by atoms with Gasteiger partial charge in [-0.2, -0.15) is 0 Å². The summed E-state index contributed by atoms with van der Waals surface area (Å²) in [5.41, 5.74) is 4.11. The summed E-state index contributed by atoms with van der Waals surface area (Å²) in [7, 11) is 5.38. The lowest BCUT2D eigenvalue weighted by Crippen LogP contribution is -2.10. The maximum Gasteiger partial charge on any atom is 0.411 e. The molecule has 0 unspecified atom stereocenters. The van der Waals surface area contributed by atoms with Crippen molar-refractivity contribution in [2.45, 2.75) is 0 Å². The van der Waals surface area contributed by atoms with Gasteiger partial charge in [-0.25, -0.2) is 4.79 Å². The first-order chi connectivity index (χ1) is 9.60. The quantitative estimate of drug-likeness (QED) is 0.926. The predicted octanol–water partition coefficient (Wildman–Crippen LogP) is 3.60. The van der Waals surface area contributed by atoms with Crippen LogP contribution in [-0.2, 0) is 4.74 Å². The number of carbonyl (C=O) groups excluding carboxylic acids is 1. The van der Waals surface area contributed by atoms with Crippen molar-refractivity contribution in [2.75, 3.05) is 31.4 Å². The van der Waals surface area contributed by atoms with Gasteiger partial charge in [-0.3, -0.25) is 5.32 Å². The lowest BCUT2D eigenvalue weighted by Gasteiger charge is -2.13. The van der Waals surface area contributed by atoms with Crippen molar-refractivity contribution in [2.24, 2.45) is 0 Å². The van der Waals surface area contributed by atoms with E-state index in [0.29, 0.717) is 5.69 Å². The van der Waals surface area contributed by atoms with Crippen molar-refractivity contribution >= 4 is 17.5 Å². The highest BCUT2D eigenvalue weighted by Gasteiger charge is 2.03. The number of anilines is 2. The van der Waals surface area contributed by atoms with Gasteiger partial charge in [-0.05, 0) is 35.4 Å². The van der Waals surface area contributed by atoms with E-state index in [2.05, 4.69) is 33.2 Å². The van der Waals surface area contributed by atoms with Gasteiger partial charge in [-0.15, -0.1) is 0 Å². The molecule has 104 valence electrons. The SMILES string of the molecule is COC(=O)Nc1ccc(-c2cccc(N(C)C)c2)cc1. The Kier molecular flexibility index (Phi) is 4.25. The van der Waals surface area contributed by atoms with Gasteiger partial charge in [0.05, 0.1) is 7.11 Å². The molecule has 0 aromatic heterocycles. The molecule has 0 heterocycles. The van der Waals surface area contributed by atoms with Crippen molar-refractivity contribution in [3.8, 4) is 11.1 Å². The van der Waals surface area contributed by atoms with Crippen LogP contribution in [0.5, 0.6) is 0 Å². The number of hydrogen-bond donors (Lipinski definition) is 1. The van der Waals surface area contributed by atoms with Crippen molar-refractivity contribution in [3.05, 3.63) is 48.5 Å². The third-order valence-electron chi connectivity index (χ3n) is 3.01. The normalized spacial score (nSPS) is 9.95. The Balaban J connectivity index is 2.21. The minimum absolute atomic E-state index is 0.465. The first kappa shape index (κ1) is 13.9. The largest absolute Gasteiger partial charge is 0.453 e. The van der Waals surface area contributed by atoms with E-state index in [9.17, 15) is 4.79 Å². The molecule has 0 fully saturated rings. The van der Waals surface area contributed by atoms with Crippen molar-refractivity contribution in [1.82, 2.24) is 0 Å². The third-order valence-corrected chi connectivity index (χ3v) is 3.01. The average Bonchev–Trinajstić information content (AvgIpc) is 2.48. The Labute approximate surface area is 119 Å². The Morgan fingerprint density at radius 2 is 1.75 bits per heavy atom. The number of methoxy groups -OCH3 is 1. The zero-order valence-corrected chi connectivity index (χ0v) is 11.9. The highest BCUT2D eigenvalue weighted by molar-refractivity contribution is 5.85. The molecule has 0 radical (unpaired) electrons. The molecule has 1 amide bonds. The molecule has 0 saturated heterocycles. The van der Waals surface area contributed by atoms with Crippen LogP contribution in [0.25, 0.3) is 11.1 Å². The van der Waals surface area contributed by atoms with E-state index >= 15 is 0 Å². The standard InChI is InChI=1S/C16H18N2O2/c1-18(2)15-6-4-5-13(11-15)12-7-9-14(10-8-12)17-16(19)20-3/h4-11H,1-3H3,(H,17,19). The van der Waals surface area contributed by atoms with Gasteiger partial charge in [0.25, 0.3) is 0 Å². The minimum Gasteiger partial charge on any atom is -0.453 e. The smallest absolute Gasteiger partial charge is 0.411 e. The van der Waals surface area contributed by atoms with E-state index in [-0.39, 0.29) is 0 Å². The van der Waals surface area contributed by atoms with Crippen LogP contribution in [0.3, 0.4) is 0 Å². The number of carbonyl (C=O) groups is 1. The molecular weight excluding hydrogens is 252 g/mol. The van der Waals surface area contributed by atoms with E-state index in [4.69, 9.17) is 0 Å². The first-order valence-electron chi connectivity index (χ1n) is 6.33. The summed E-state index contributed by atoms with van der Waals surface area (Å²) in [6.45, 7) is 0. The molecule has 2 aromatic carbocycles. The summed E-state index contributed by atoms with van der Waals surface area (Å²) < 4.78 is 4.56. The number of nitrogens with one attached hydrogen (secondary N) is 1. The third kappa shape index (κ3) is 3.29. The fourth-order valence-corrected chi connectivity index (χ4v) is 1.88. The van der Waals surface area contributed by atoms with Gasteiger partial charge in [-0.1, -0.05) is 24.3 Å². The molecule has 0 aliphatic carbocycles. The second-order valence-electron chi connectivity index (χ2n) is 4.64. The molecule has 0 bridgehead atoms. The fraction of sp³-hybridized carbons (Fsp3) is 0.188. The van der Waals surface area contributed by atoms with Crippen LogP contribution in [-0.4, -0.2) is 27.3 Å². The van der Waals surface area contributed by atoms with E-state index in [1.807, 2.05) is 44.4 Å². The molecule has 20 heavy (non-hydrogen) atoms. The second kappa shape index (κ2) is 6.10. The van der Waals surface area contributed by atoms with E-state index < -0.39 is 6.09 Å². The lowest BCUT2D eigenvalue weighted by molar-refractivity contribution is 0.187. The number of nitrogens with zero attached hydrogens (tertiary/aromatic N) is 1. The van der Waals surface area contributed by atoms with Crippen LogP contribution in [0.1, 0.15) is 0 Å². The minimum atomic E-state index is -0.465. The summed E-state index contributed by atoms with van der Waals surface area (Å²) >= 11 is 0. The monoisotopic (exact) mass is 270 g/mol. The highest BCUT2D eigenvalue weighted by atomic mass is 16.5. The van der Waals surface area contributed by atoms with Crippen LogP contribution in [0.15, 0.2) is 48.5 Å². The van der Waals surface area contributed by atoms with E-state index in [1.165, 1.54) is 7.11 Å². The molecule has 0 saturated carbocycles. The number of amides is 1. The van der Waals surface area contributed by atoms with Gasteiger partial charge in [0.15, 0.2) is 0 Å². The summed E-state index contributed by atoms with van der Waals surface area (Å²) in [6, 6.07) is 15.9. The first-order valence-corrected chi connectivity index (χ1v) is 6.33. The van der Waals surface area contributed by atoms with Crippen LogP contribution in [0, 0.1) is 0 Å². The molecule has 4 nitrogen and oxygen atoms in total. The van der Waals surface area contributed by atoms with Crippen LogP contribution in [0.2, 0.25) is 0 Å². The molecule has 2 aromatic rings. The fourth-order valence-electron chi connectivity index (χ4n) is 1.88. The van der Waals surface area contributed by atoms with Gasteiger partial charge >= 0.3 is 6.09 Å². The summed E-state index contributed by atoms with van der Waals surface area (Å²) in [5.74, 6) is 0. The van der Waals surface area contributed by atoms with Gasteiger partial charge < -0.3 is 9.64 Å². The Hall–Kier alpha value is -2.49. The van der Waals surface area contributed by atoms with Crippen molar-refractivity contribution in [3.63, 3.8) is 0 Å². The molecule has 0 aliphatic rings. The number of rotatable bonds is 3. The molecular formula is C16H18N2O2. The summed E-state index contributed by atoms with van der Waals surface area (Å²) in [5, 5.41) is 2.63. The van der Waals surface area contributed by atoms with Crippen molar-refractivity contribution < 1.29 is 9.53 Å². The van der Waals surface area contributed by atoms with E-state index in [1.54, 1.807) is 0 Å². The van der Waals surface area contributed by atoms with Gasteiger partial charge in [0.2, 0.25) is 0 Å². The second-order valence-corrected chi connectivity index (χ2v) is 4.64. The Morgan fingerprint density at radius 1 is 1.05 bits per heavy atom. The number of ether oxygens (including phenoxy) is 1. The van der Waals surface area contributed by atoms with Crippen molar-refractivity contribution in [1.29, 1.82) is 0 Å². The Morgan fingerprint density at radius 3 is 2.35 bits per heavy atom. The molecule has 4 heteroatoms. The van der Waals surface area contributed by atoms with Crippen LogP contribution >= 0.6 is 0 Å². The predicted molar refractivity (Wildman–Crippen MR) is 82.2 cm³/mol. The zero-order chi connectivity index (χ0) is 14.5. The summed E-state index contributed by atoms with van der Waals surface area (Å²) in [4.78, 5) is 13.2. The molecule has 0 aliphatic heterocycles. The summed E-state index contributed by atoms with van der Waals surface area (Å²) in [6.07, 6.45) is -0.465. The number of benzene rings is 2. The molecule has 2 rings (SSSR count). The molecule has 0 atom stereocenters. The van der Waals surface area contributed by atoms with Crippen LogP contribution < -0.4 is 10.2 Å². The number of hydrogen-bond acceptors (Lipinski definition) is 3. The van der Waals surface area contributed by atoms with Crippen LogP contribution in [0.4, 0.5) is 16.2 Å². The maximum absolute atomic E-state index is 11.1. The highest BCUT2D eigenvalue weighted by Crippen LogP contribution is 2.25. The zero-order valence-electron chi connectivity index (χ0n) is 11.9. The molecule has 0 spiro atoms. The average molecular weight is 270 g/mol. The maximum atomic E-state index is 11.1. The van der Waals surface area contributed by atoms with Gasteiger partial charge in [0, 0.05) is 25.5 Å². The Bertz CT molecular complexity index is 592. The van der Waals surface area contributed by atoms with Gasteiger partial charge in [0.1, 0.15) is 0 Å². The molecule has 1 N–H and O–H groups in total. The lowest BCUT2D eigenvalue weighted by atomic mass is 10.0. The van der Waals surface area contributed by atoms with E-state index in [0.717, 1.165) is 16.8 Å².